The number of anilines is 1. The van der Waals surface area contributed by atoms with E-state index in [-0.39, 0.29) is 47.8 Å². The second-order valence-electron chi connectivity index (χ2n) is 11.7. The lowest BCUT2D eigenvalue weighted by Gasteiger charge is -2.50. The highest BCUT2D eigenvalue weighted by Gasteiger charge is 2.64. The summed E-state index contributed by atoms with van der Waals surface area (Å²) in [6.45, 7) is -0.0179. The molecule has 13 nitrogen and oxygen atoms in total. The summed E-state index contributed by atoms with van der Waals surface area (Å²) in [6, 6.07) is 10.5. The number of rotatable bonds is 7. The van der Waals surface area contributed by atoms with Gasteiger partial charge in [0.1, 0.15) is 22.8 Å². The van der Waals surface area contributed by atoms with Crippen LogP contribution in [-0.2, 0) is 20.8 Å². The Bertz CT molecular complexity index is 1830. The number of carbonyl (C=O) groups excluding carboxylic acids is 4. The van der Waals surface area contributed by atoms with Crippen molar-refractivity contribution in [2.75, 3.05) is 26.0 Å². The topological polar surface area (TPSA) is 217 Å². The number of phenolic OH excluding ortho intramolecular Hbond substituents is 1. The molecule has 3 aliphatic carbocycles. The molecule has 1 fully saturated rings. The third kappa shape index (κ3) is 4.50. The number of benzene rings is 2. The lowest BCUT2D eigenvalue weighted by atomic mass is 9.57. The third-order valence-electron chi connectivity index (χ3n) is 8.97. The van der Waals surface area contributed by atoms with E-state index in [1.165, 1.54) is 23.2 Å². The van der Waals surface area contributed by atoms with Gasteiger partial charge in [0.05, 0.1) is 24.3 Å². The van der Waals surface area contributed by atoms with Crippen molar-refractivity contribution in [3.05, 3.63) is 82.5 Å². The number of primary amides is 1. The summed E-state index contributed by atoms with van der Waals surface area (Å²) in [5.41, 5.74) is 4.18. The number of ketones is 3. The summed E-state index contributed by atoms with van der Waals surface area (Å²) in [6.07, 6.45) is 1.53. The Morgan fingerprint density at radius 2 is 1.80 bits per heavy atom. The first-order valence-electron chi connectivity index (χ1n) is 14.1. The summed E-state index contributed by atoms with van der Waals surface area (Å²) >= 11 is 0. The van der Waals surface area contributed by atoms with Crippen LogP contribution in [0.4, 0.5) is 5.69 Å². The van der Waals surface area contributed by atoms with Crippen LogP contribution < -0.4 is 11.1 Å². The van der Waals surface area contributed by atoms with Gasteiger partial charge in [0, 0.05) is 23.2 Å². The van der Waals surface area contributed by atoms with E-state index in [4.69, 9.17) is 10.3 Å². The van der Waals surface area contributed by atoms with E-state index in [0.717, 1.165) is 5.56 Å². The van der Waals surface area contributed by atoms with Gasteiger partial charge in [-0.2, -0.15) is 0 Å². The molecule has 0 aliphatic heterocycles. The minimum atomic E-state index is -2.70. The Morgan fingerprint density at radius 1 is 1.09 bits per heavy atom. The average Bonchev–Trinajstić information content (AvgIpc) is 3.53. The Morgan fingerprint density at radius 3 is 2.42 bits per heavy atom. The van der Waals surface area contributed by atoms with E-state index >= 15 is 0 Å². The van der Waals surface area contributed by atoms with Gasteiger partial charge >= 0.3 is 0 Å². The standard InChI is InChI=1S/C32H30N4O9/c1-36(2)26-19-12-15-11-18-17(14-3-5-16(6-4-14)34-13-21(38)22-9-10-35-45-22)7-8-20(37)24(18)27(39)23(15)29(41)32(19,44)30(42)25(28(26)40)31(33)43/h3-10,15,19,26,34,37,39,42,44H,11-13H2,1-2H3,(H2,33,43)/t15-,19-,26-,32-/m0/s1. The molecule has 4 atom stereocenters. The monoisotopic (exact) mass is 614 g/mol. The summed E-state index contributed by atoms with van der Waals surface area (Å²) in [7, 11) is 3.10. The molecule has 1 amide bonds. The Hall–Kier alpha value is -5.27. The molecular formula is C32H30N4O9. The van der Waals surface area contributed by atoms with Gasteiger partial charge in [-0.1, -0.05) is 23.4 Å². The molecule has 232 valence electrons. The number of aliphatic hydroxyl groups excluding tert-OH is 2. The van der Waals surface area contributed by atoms with Crippen LogP contribution in [0, 0.1) is 11.8 Å². The molecule has 6 rings (SSSR count). The zero-order chi connectivity index (χ0) is 32.4. The zero-order valence-electron chi connectivity index (χ0n) is 24.3. The highest BCUT2D eigenvalue weighted by molar-refractivity contribution is 6.24. The molecule has 45 heavy (non-hydrogen) atoms. The highest BCUT2D eigenvalue weighted by atomic mass is 16.5. The summed E-state index contributed by atoms with van der Waals surface area (Å²) in [5, 5.41) is 51.6. The third-order valence-corrected chi connectivity index (χ3v) is 8.97. The first-order chi connectivity index (χ1) is 21.4. The lowest BCUT2D eigenvalue weighted by Crippen LogP contribution is -2.65. The molecule has 0 radical (unpaired) electrons. The van der Waals surface area contributed by atoms with Crippen molar-refractivity contribution in [3.8, 4) is 16.9 Å². The molecule has 0 unspecified atom stereocenters. The first kappa shape index (κ1) is 29.8. The quantitative estimate of drug-likeness (QED) is 0.166. The molecule has 1 saturated carbocycles. The van der Waals surface area contributed by atoms with Crippen molar-refractivity contribution in [3.63, 3.8) is 0 Å². The number of aliphatic hydroxyl groups is 3. The number of aromatic nitrogens is 1. The number of nitrogens with one attached hydrogen (secondary N) is 1. The van der Waals surface area contributed by atoms with Gasteiger partial charge in [-0.15, -0.1) is 0 Å². The number of phenols is 1. The molecule has 2 aromatic carbocycles. The Labute approximate surface area is 256 Å². The molecule has 0 saturated heterocycles. The second kappa shape index (κ2) is 10.7. The number of nitrogens with two attached hydrogens (primary N) is 1. The zero-order valence-corrected chi connectivity index (χ0v) is 24.3. The Kier molecular flexibility index (Phi) is 7.09. The van der Waals surface area contributed by atoms with Crippen LogP contribution in [0.25, 0.3) is 16.9 Å². The number of nitrogens with zero attached hydrogens (tertiary/aromatic N) is 2. The number of fused-ring (bicyclic) bond motifs is 3. The first-order valence-corrected chi connectivity index (χ1v) is 14.1. The van der Waals surface area contributed by atoms with Crippen LogP contribution in [-0.4, -0.2) is 86.0 Å². The van der Waals surface area contributed by atoms with Gasteiger partial charge in [-0.05, 0) is 67.7 Å². The van der Waals surface area contributed by atoms with Gasteiger partial charge in [0.2, 0.25) is 17.3 Å². The normalized spacial score (nSPS) is 24.3. The number of hydrogen-bond donors (Lipinski definition) is 6. The predicted octanol–water partition coefficient (Wildman–Crippen LogP) is 1.91. The number of likely N-dealkylation sites (N-methyl/N-ethyl adjacent to an activating group) is 1. The highest BCUT2D eigenvalue weighted by Crippen LogP contribution is 2.53. The minimum Gasteiger partial charge on any atom is -0.508 e. The molecule has 0 spiro atoms. The molecular weight excluding hydrogens is 584 g/mol. The largest absolute Gasteiger partial charge is 0.508 e. The average molecular weight is 615 g/mol. The minimum absolute atomic E-state index is 0.00338. The second-order valence-corrected chi connectivity index (χ2v) is 11.7. The van der Waals surface area contributed by atoms with Gasteiger partial charge in [-0.25, -0.2) is 0 Å². The van der Waals surface area contributed by atoms with Gasteiger partial charge in [-0.3, -0.25) is 24.1 Å². The van der Waals surface area contributed by atoms with E-state index in [1.807, 2.05) is 0 Å². The van der Waals surface area contributed by atoms with Crippen molar-refractivity contribution in [1.82, 2.24) is 10.1 Å². The maximum absolute atomic E-state index is 14.0. The summed E-state index contributed by atoms with van der Waals surface area (Å²) < 4.78 is 4.88. The van der Waals surface area contributed by atoms with E-state index < -0.39 is 58.0 Å². The lowest BCUT2D eigenvalue weighted by molar-refractivity contribution is -0.153. The van der Waals surface area contributed by atoms with Crippen LogP contribution in [0.1, 0.15) is 28.1 Å². The fourth-order valence-electron chi connectivity index (χ4n) is 6.91. The number of amides is 1. The van der Waals surface area contributed by atoms with Crippen LogP contribution in [0.5, 0.6) is 5.75 Å². The van der Waals surface area contributed by atoms with Crippen LogP contribution in [0.3, 0.4) is 0 Å². The van der Waals surface area contributed by atoms with E-state index in [9.17, 15) is 39.6 Å². The van der Waals surface area contributed by atoms with Crippen LogP contribution in [0.15, 0.2) is 70.1 Å². The molecule has 0 bridgehead atoms. The maximum atomic E-state index is 14.0. The van der Waals surface area contributed by atoms with E-state index in [1.54, 1.807) is 44.4 Å². The molecule has 13 heteroatoms. The van der Waals surface area contributed by atoms with Crippen molar-refractivity contribution in [2.24, 2.45) is 17.6 Å². The maximum Gasteiger partial charge on any atom is 0.255 e. The number of aromatic hydroxyl groups is 1. The molecule has 3 aliphatic rings. The number of carbonyl (C=O) groups is 4. The summed E-state index contributed by atoms with van der Waals surface area (Å²) in [4.78, 5) is 53.1. The van der Waals surface area contributed by atoms with Gasteiger partial charge in [0.25, 0.3) is 5.91 Å². The fraction of sp³-hybridized carbons (Fsp3) is 0.281. The van der Waals surface area contributed by atoms with Crippen molar-refractivity contribution < 1.29 is 44.1 Å². The van der Waals surface area contributed by atoms with Crippen molar-refractivity contribution in [1.29, 1.82) is 0 Å². The van der Waals surface area contributed by atoms with Crippen molar-refractivity contribution in [2.45, 2.75) is 24.5 Å². The van der Waals surface area contributed by atoms with Gasteiger partial charge < -0.3 is 36.0 Å². The van der Waals surface area contributed by atoms with Gasteiger partial charge in [0.15, 0.2) is 11.4 Å². The molecule has 1 heterocycles. The predicted molar refractivity (Wildman–Crippen MR) is 159 cm³/mol. The van der Waals surface area contributed by atoms with Crippen molar-refractivity contribution >= 4 is 34.7 Å². The molecule has 1 aromatic heterocycles. The Balaban J connectivity index is 1.38. The smallest absolute Gasteiger partial charge is 0.255 e. The fourth-order valence-corrected chi connectivity index (χ4v) is 6.91. The number of hydrogen-bond acceptors (Lipinski definition) is 12. The number of Topliss-reactive ketones (excluding diaryl/α,β-unsaturated/α-hetero) is 3. The molecule has 7 N–H and O–H groups in total. The van der Waals surface area contributed by atoms with Crippen LogP contribution >= 0.6 is 0 Å². The van der Waals surface area contributed by atoms with Crippen LogP contribution in [0.2, 0.25) is 0 Å². The SMILES string of the molecule is CN(C)[C@@H]1C(=O)C(C(N)=O)=C(O)[C@@]2(O)C(=O)C3=C(O)c4c(O)ccc(-c5ccc(NCC(=O)c6ccno6)cc5)c4C[C@H]3C[C@@H]12. The summed E-state index contributed by atoms with van der Waals surface area (Å²) in [5.74, 6) is -7.16. The van der Waals surface area contributed by atoms with E-state index in [2.05, 4.69) is 10.5 Å². The molecule has 3 aromatic rings. The van der Waals surface area contributed by atoms with E-state index in [0.29, 0.717) is 16.8 Å².